The molecule has 2 saturated heterocycles. The minimum atomic E-state index is -0.646. The Morgan fingerprint density at radius 3 is 2.93 bits per heavy atom. The maximum Gasteiger partial charge on any atom is 0.307 e. The number of piperidine rings is 1. The van der Waals surface area contributed by atoms with Crippen molar-refractivity contribution in [2.45, 2.75) is 31.8 Å². The van der Waals surface area contributed by atoms with E-state index in [-0.39, 0.29) is 5.92 Å². The highest BCUT2D eigenvalue weighted by Crippen LogP contribution is 2.19. The first-order chi connectivity index (χ1) is 7.25. The van der Waals surface area contributed by atoms with Gasteiger partial charge in [0.2, 0.25) is 0 Å². The number of likely N-dealkylation sites (tertiary alicyclic amines) is 1. The smallest absolute Gasteiger partial charge is 0.307 e. The first-order valence-corrected chi connectivity index (χ1v) is 5.82. The maximum atomic E-state index is 10.9. The molecule has 0 amide bonds. The van der Waals surface area contributed by atoms with Crippen molar-refractivity contribution >= 4 is 5.97 Å². The van der Waals surface area contributed by atoms with Crippen molar-refractivity contribution in [1.29, 1.82) is 0 Å². The highest BCUT2D eigenvalue weighted by molar-refractivity contribution is 5.70. The second-order valence-electron chi connectivity index (χ2n) is 4.57. The number of carbonyl (C=O) groups is 1. The molecule has 2 rings (SSSR count). The summed E-state index contributed by atoms with van der Waals surface area (Å²) in [5.41, 5.74) is 0. The standard InChI is InChI=1S/C11H19NO3/c13-11(14)9-3-1-5-12(7-9)8-10-4-2-6-15-10/h9-10H,1-8H2,(H,13,14). The lowest BCUT2D eigenvalue weighted by molar-refractivity contribution is -0.143. The quantitative estimate of drug-likeness (QED) is 0.758. The summed E-state index contributed by atoms with van der Waals surface area (Å²) >= 11 is 0. The highest BCUT2D eigenvalue weighted by Gasteiger charge is 2.27. The van der Waals surface area contributed by atoms with Gasteiger partial charge in [-0.3, -0.25) is 9.69 Å². The molecular formula is C11H19NO3. The lowest BCUT2D eigenvalue weighted by Crippen LogP contribution is -2.42. The van der Waals surface area contributed by atoms with E-state index in [1.165, 1.54) is 0 Å². The van der Waals surface area contributed by atoms with Crippen LogP contribution in [0.25, 0.3) is 0 Å². The number of hydrogen-bond acceptors (Lipinski definition) is 3. The molecule has 2 aliphatic heterocycles. The molecule has 4 nitrogen and oxygen atoms in total. The Kier molecular flexibility index (Phi) is 3.59. The van der Waals surface area contributed by atoms with E-state index >= 15 is 0 Å². The van der Waals surface area contributed by atoms with Gasteiger partial charge in [0.05, 0.1) is 12.0 Å². The predicted octanol–water partition coefficient (Wildman–Crippen LogP) is 0.962. The molecule has 2 heterocycles. The minimum Gasteiger partial charge on any atom is -0.481 e. The summed E-state index contributed by atoms with van der Waals surface area (Å²) in [6.07, 6.45) is 4.47. The molecule has 86 valence electrons. The fraction of sp³-hybridized carbons (Fsp3) is 0.909. The normalized spacial score (nSPS) is 33.1. The van der Waals surface area contributed by atoms with Crippen molar-refractivity contribution in [3.8, 4) is 0 Å². The van der Waals surface area contributed by atoms with Crippen LogP contribution in [0.1, 0.15) is 25.7 Å². The zero-order valence-corrected chi connectivity index (χ0v) is 9.02. The molecule has 2 atom stereocenters. The van der Waals surface area contributed by atoms with Crippen molar-refractivity contribution in [3.63, 3.8) is 0 Å². The first-order valence-electron chi connectivity index (χ1n) is 5.82. The lowest BCUT2D eigenvalue weighted by atomic mass is 9.98. The average Bonchev–Trinajstić information content (AvgIpc) is 2.71. The minimum absolute atomic E-state index is 0.167. The fourth-order valence-corrected chi connectivity index (χ4v) is 2.50. The Hall–Kier alpha value is -0.610. The van der Waals surface area contributed by atoms with Crippen LogP contribution in [0.2, 0.25) is 0 Å². The SMILES string of the molecule is O=C(O)C1CCCN(CC2CCCO2)C1. The van der Waals surface area contributed by atoms with Crippen LogP contribution in [-0.2, 0) is 9.53 Å². The zero-order valence-electron chi connectivity index (χ0n) is 9.02. The van der Waals surface area contributed by atoms with Gasteiger partial charge in [0.1, 0.15) is 0 Å². The van der Waals surface area contributed by atoms with Crippen molar-refractivity contribution < 1.29 is 14.6 Å². The van der Waals surface area contributed by atoms with Crippen molar-refractivity contribution in [2.24, 2.45) is 5.92 Å². The molecule has 0 radical (unpaired) electrons. The molecule has 0 aromatic carbocycles. The van der Waals surface area contributed by atoms with Gasteiger partial charge in [-0.2, -0.15) is 0 Å². The van der Waals surface area contributed by atoms with E-state index in [2.05, 4.69) is 4.90 Å². The van der Waals surface area contributed by atoms with E-state index in [1.807, 2.05) is 0 Å². The van der Waals surface area contributed by atoms with Gasteiger partial charge in [-0.05, 0) is 32.2 Å². The highest BCUT2D eigenvalue weighted by atomic mass is 16.5. The summed E-state index contributed by atoms with van der Waals surface area (Å²) in [7, 11) is 0. The largest absolute Gasteiger partial charge is 0.481 e. The van der Waals surface area contributed by atoms with Gasteiger partial charge in [0.15, 0.2) is 0 Å². The van der Waals surface area contributed by atoms with Crippen molar-refractivity contribution in [2.75, 3.05) is 26.2 Å². The Bertz CT molecular complexity index is 226. The monoisotopic (exact) mass is 213 g/mol. The summed E-state index contributed by atoms with van der Waals surface area (Å²) in [4.78, 5) is 13.1. The topological polar surface area (TPSA) is 49.8 Å². The number of hydrogen-bond donors (Lipinski definition) is 1. The van der Waals surface area contributed by atoms with Gasteiger partial charge in [0.25, 0.3) is 0 Å². The van der Waals surface area contributed by atoms with Gasteiger partial charge in [-0.1, -0.05) is 0 Å². The summed E-state index contributed by atoms with van der Waals surface area (Å²) in [5, 5.41) is 8.96. The number of aliphatic carboxylic acids is 1. The summed E-state index contributed by atoms with van der Waals surface area (Å²) in [6, 6.07) is 0. The van der Waals surface area contributed by atoms with Gasteiger partial charge < -0.3 is 9.84 Å². The van der Waals surface area contributed by atoms with E-state index < -0.39 is 5.97 Å². The van der Waals surface area contributed by atoms with E-state index in [4.69, 9.17) is 9.84 Å². The van der Waals surface area contributed by atoms with Gasteiger partial charge in [-0.25, -0.2) is 0 Å². The fourth-order valence-electron chi connectivity index (χ4n) is 2.50. The van der Waals surface area contributed by atoms with Crippen LogP contribution in [0.4, 0.5) is 0 Å². The third-order valence-electron chi connectivity index (χ3n) is 3.34. The van der Waals surface area contributed by atoms with Gasteiger partial charge >= 0.3 is 5.97 Å². The van der Waals surface area contributed by atoms with Crippen LogP contribution in [0.5, 0.6) is 0 Å². The lowest BCUT2D eigenvalue weighted by Gasteiger charge is -2.32. The van der Waals surface area contributed by atoms with E-state index in [1.54, 1.807) is 0 Å². The van der Waals surface area contributed by atoms with E-state index in [9.17, 15) is 4.79 Å². The molecule has 1 N–H and O–H groups in total. The Labute approximate surface area is 90.2 Å². The van der Waals surface area contributed by atoms with Gasteiger partial charge in [-0.15, -0.1) is 0 Å². The average molecular weight is 213 g/mol. The molecule has 2 fully saturated rings. The van der Waals surface area contributed by atoms with Crippen LogP contribution >= 0.6 is 0 Å². The predicted molar refractivity (Wildman–Crippen MR) is 55.8 cm³/mol. The summed E-state index contributed by atoms with van der Waals surface area (Å²) in [6.45, 7) is 3.53. The third kappa shape index (κ3) is 2.92. The van der Waals surface area contributed by atoms with Crippen molar-refractivity contribution in [1.82, 2.24) is 4.90 Å². The summed E-state index contributed by atoms with van der Waals surface area (Å²) in [5.74, 6) is -0.813. The van der Waals surface area contributed by atoms with E-state index in [0.717, 1.165) is 45.4 Å². The van der Waals surface area contributed by atoms with Crippen LogP contribution in [-0.4, -0.2) is 48.3 Å². The van der Waals surface area contributed by atoms with Crippen LogP contribution in [0.3, 0.4) is 0 Å². The Balaban J connectivity index is 1.79. The summed E-state index contributed by atoms with van der Waals surface area (Å²) < 4.78 is 5.56. The number of nitrogens with zero attached hydrogens (tertiary/aromatic N) is 1. The Morgan fingerprint density at radius 1 is 1.40 bits per heavy atom. The second-order valence-corrected chi connectivity index (χ2v) is 4.57. The maximum absolute atomic E-state index is 10.9. The van der Waals surface area contributed by atoms with Gasteiger partial charge in [0, 0.05) is 19.7 Å². The number of ether oxygens (including phenoxy) is 1. The number of carboxylic acids is 1. The second kappa shape index (κ2) is 4.94. The molecule has 0 spiro atoms. The van der Waals surface area contributed by atoms with Crippen molar-refractivity contribution in [3.05, 3.63) is 0 Å². The molecule has 0 aromatic heterocycles. The molecular weight excluding hydrogens is 194 g/mol. The number of carboxylic acid groups (broad SMARTS) is 1. The molecule has 0 aliphatic carbocycles. The first kappa shape index (κ1) is 10.9. The third-order valence-corrected chi connectivity index (χ3v) is 3.34. The molecule has 2 unspecified atom stereocenters. The van der Waals surface area contributed by atoms with Crippen LogP contribution in [0, 0.1) is 5.92 Å². The van der Waals surface area contributed by atoms with Crippen LogP contribution in [0.15, 0.2) is 0 Å². The molecule has 0 saturated carbocycles. The zero-order chi connectivity index (χ0) is 10.7. The molecule has 2 aliphatic rings. The molecule has 4 heteroatoms. The molecule has 0 aromatic rings. The van der Waals surface area contributed by atoms with Crippen LogP contribution < -0.4 is 0 Å². The Morgan fingerprint density at radius 2 is 2.27 bits per heavy atom. The van der Waals surface area contributed by atoms with E-state index in [0.29, 0.717) is 12.6 Å². The molecule has 15 heavy (non-hydrogen) atoms. The molecule has 0 bridgehead atoms. The number of rotatable bonds is 3.